The van der Waals surface area contributed by atoms with Crippen molar-refractivity contribution >= 4 is 35.0 Å². The summed E-state index contributed by atoms with van der Waals surface area (Å²) >= 11 is 6.08. The van der Waals surface area contributed by atoms with Crippen molar-refractivity contribution in [1.29, 1.82) is 5.26 Å². The molecule has 1 heterocycles. The predicted octanol–water partition coefficient (Wildman–Crippen LogP) is 3.74. The topological polar surface area (TPSA) is 99.9 Å². The zero-order chi connectivity index (χ0) is 19.1. The molecule has 1 aromatic heterocycles. The normalized spacial score (nSPS) is 11.5. The second-order valence-electron chi connectivity index (χ2n) is 6.07. The van der Waals surface area contributed by atoms with E-state index in [0.29, 0.717) is 23.5 Å². The predicted molar refractivity (Wildman–Crippen MR) is 100 cm³/mol. The third-order valence-corrected chi connectivity index (χ3v) is 3.65. The number of rotatable bonds is 7. The molecule has 1 aromatic carbocycles. The molecule has 0 radical (unpaired) electrons. The molecule has 26 heavy (non-hydrogen) atoms. The van der Waals surface area contributed by atoms with Gasteiger partial charge in [0.25, 0.3) is 0 Å². The van der Waals surface area contributed by atoms with Crippen molar-refractivity contribution < 1.29 is 9.53 Å². The number of halogens is 1. The van der Waals surface area contributed by atoms with Crippen molar-refractivity contribution in [2.45, 2.75) is 26.3 Å². The Morgan fingerprint density at radius 3 is 2.77 bits per heavy atom. The molecular weight excluding hydrogens is 354 g/mol. The second kappa shape index (κ2) is 9.02. The van der Waals surface area contributed by atoms with Crippen LogP contribution in [0, 0.1) is 17.2 Å². The minimum Gasteiger partial charge on any atom is -0.467 e. The third-order valence-electron chi connectivity index (χ3n) is 3.46. The highest BCUT2D eigenvalue weighted by atomic mass is 35.5. The summed E-state index contributed by atoms with van der Waals surface area (Å²) in [6, 6.07) is 10.0. The van der Waals surface area contributed by atoms with Gasteiger partial charge in [-0.2, -0.15) is 10.2 Å². The van der Waals surface area contributed by atoms with E-state index in [2.05, 4.69) is 26.7 Å². The van der Waals surface area contributed by atoms with E-state index in [0.717, 1.165) is 0 Å². The van der Waals surface area contributed by atoms with Gasteiger partial charge >= 0.3 is 5.97 Å². The highest BCUT2D eigenvalue weighted by molar-refractivity contribution is 6.29. The van der Waals surface area contributed by atoms with Gasteiger partial charge in [0.1, 0.15) is 17.0 Å². The number of hydrogen-bond donors (Lipinski definition) is 2. The molecule has 0 fully saturated rings. The summed E-state index contributed by atoms with van der Waals surface area (Å²) in [4.78, 5) is 20.4. The largest absolute Gasteiger partial charge is 0.467 e. The van der Waals surface area contributed by atoms with Crippen molar-refractivity contribution in [1.82, 2.24) is 9.97 Å². The molecule has 0 aliphatic carbocycles. The first-order valence-corrected chi connectivity index (χ1v) is 8.45. The maximum atomic E-state index is 12.0. The average molecular weight is 374 g/mol. The Hall–Kier alpha value is -2.85. The number of methoxy groups -OCH3 is 1. The summed E-state index contributed by atoms with van der Waals surface area (Å²) < 4.78 is 4.83. The molecule has 0 aliphatic rings. The van der Waals surface area contributed by atoms with E-state index in [1.807, 2.05) is 13.8 Å². The van der Waals surface area contributed by atoms with Crippen LogP contribution in [0.15, 0.2) is 30.3 Å². The zero-order valence-electron chi connectivity index (χ0n) is 14.8. The van der Waals surface area contributed by atoms with E-state index in [1.165, 1.54) is 7.11 Å². The van der Waals surface area contributed by atoms with Crippen molar-refractivity contribution in [2.24, 2.45) is 5.92 Å². The van der Waals surface area contributed by atoms with Crippen LogP contribution in [0.5, 0.6) is 0 Å². The SMILES string of the molecule is COC(=O)[C@H](CC(C)C)Nc1nc(Cl)cc(Nc2cccc(C#N)c2)n1. The van der Waals surface area contributed by atoms with Crippen molar-refractivity contribution in [3.05, 3.63) is 41.0 Å². The molecule has 8 heteroatoms. The number of hydrogen-bond acceptors (Lipinski definition) is 7. The molecule has 0 bridgehead atoms. The molecule has 0 unspecified atom stereocenters. The van der Waals surface area contributed by atoms with Crippen LogP contribution in [0.3, 0.4) is 0 Å². The maximum Gasteiger partial charge on any atom is 0.328 e. The lowest BCUT2D eigenvalue weighted by Crippen LogP contribution is -2.32. The van der Waals surface area contributed by atoms with Gasteiger partial charge in [0.2, 0.25) is 5.95 Å². The van der Waals surface area contributed by atoms with Gasteiger partial charge in [-0.25, -0.2) is 9.78 Å². The fourth-order valence-corrected chi connectivity index (χ4v) is 2.53. The van der Waals surface area contributed by atoms with E-state index >= 15 is 0 Å². The number of ether oxygens (including phenoxy) is 1. The number of anilines is 3. The number of nitriles is 1. The molecule has 0 aliphatic heterocycles. The minimum absolute atomic E-state index is 0.215. The van der Waals surface area contributed by atoms with Gasteiger partial charge in [-0.05, 0) is 30.5 Å². The number of carbonyl (C=O) groups excluding carboxylic acids is 1. The molecule has 0 saturated heterocycles. The van der Waals surface area contributed by atoms with Crippen molar-refractivity contribution in [3.63, 3.8) is 0 Å². The second-order valence-corrected chi connectivity index (χ2v) is 6.45. The van der Waals surface area contributed by atoms with Gasteiger partial charge in [0, 0.05) is 11.8 Å². The Labute approximate surface area is 157 Å². The molecule has 7 nitrogen and oxygen atoms in total. The maximum absolute atomic E-state index is 12.0. The van der Waals surface area contributed by atoms with Gasteiger partial charge in [0.15, 0.2) is 0 Å². The van der Waals surface area contributed by atoms with E-state index in [1.54, 1.807) is 30.3 Å². The van der Waals surface area contributed by atoms with Crippen LogP contribution in [0.2, 0.25) is 5.15 Å². The number of nitrogens with one attached hydrogen (secondary N) is 2. The summed E-state index contributed by atoms with van der Waals surface area (Å²) in [5.74, 6) is 0.541. The van der Waals surface area contributed by atoms with Crippen LogP contribution in [0.25, 0.3) is 0 Å². The molecule has 0 amide bonds. The lowest BCUT2D eigenvalue weighted by molar-refractivity contribution is -0.141. The summed E-state index contributed by atoms with van der Waals surface area (Å²) in [5.41, 5.74) is 1.22. The van der Waals surface area contributed by atoms with Gasteiger partial charge < -0.3 is 15.4 Å². The number of aromatic nitrogens is 2. The molecule has 1 atom stereocenters. The Balaban J connectivity index is 2.22. The van der Waals surface area contributed by atoms with Crippen LogP contribution in [0.4, 0.5) is 17.5 Å². The van der Waals surface area contributed by atoms with E-state index < -0.39 is 12.0 Å². The molecule has 0 spiro atoms. The van der Waals surface area contributed by atoms with Crippen molar-refractivity contribution in [2.75, 3.05) is 17.7 Å². The van der Waals surface area contributed by atoms with Crippen LogP contribution in [-0.2, 0) is 9.53 Å². The first-order chi connectivity index (χ1) is 12.4. The van der Waals surface area contributed by atoms with Gasteiger partial charge in [0.05, 0.1) is 18.7 Å². The fraction of sp³-hybridized carbons (Fsp3) is 0.333. The van der Waals surface area contributed by atoms with Gasteiger partial charge in [-0.3, -0.25) is 0 Å². The molecule has 0 saturated carbocycles. The van der Waals surface area contributed by atoms with E-state index in [-0.39, 0.29) is 17.0 Å². The number of nitrogens with zero attached hydrogens (tertiary/aromatic N) is 3. The quantitative estimate of drug-likeness (QED) is 0.563. The van der Waals surface area contributed by atoms with Crippen molar-refractivity contribution in [3.8, 4) is 6.07 Å². The summed E-state index contributed by atoms with van der Waals surface area (Å²) in [7, 11) is 1.34. The lowest BCUT2D eigenvalue weighted by atomic mass is 10.0. The van der Waals surface area contributed by atoms with Crippen LogP contribution >= 0.6 is 11.6 Å². The first-order valence-electron chi connectivity index (χ1n) is 8.07. The summed E-state index contributed by atoms with van der Waals surface area (Å²) in [6.45, 7) is 4.01. The monoisotopic (exact) mass is 373 g/mol. The van der Waals surface area contributed by atoms with Crippen LogP contribution in [-0.4, -0.2) is 29.1 Å². The summed E-state index contributed by atoms with van der Waals surface area (Å²) in [6.07, 6.45) is 0.565. The number of esters is 1. The fourth-order valence-electron chi connectivity index (χ4n) is 2.34. The molecule has 2 rings (SSSR count). The van der Waals surface area contributed by atoms with Crippen LogP contribution < -0.4 is 10.6 Å². The Morgan fingerprint density at radius 1 is 1.35 bits per heavy atom. The third kappa shape index (κ3) is 5.60. The van der Waals surface area contributed by atoms with Crippen LogP contribution in [0.1, 0.15) is 25.8 Å². The number of carbonyl (C=O) groups is 1. The Morgan fingerprint density at radius 2 is 2.12 bits per heavy atom. The highest BCUT2D eigenvalue weighted by Crippen LogP contribution is 2.21. The smallest absolute Gasteiger partial charge is 0.328 e. The molecule has 136 valence electrons. The molecule has 2 aromatic rings. The zero-order valence-corrected chi connectivity index (χ0v) is 15.5. The summed E-state index contributed by atoms with van der Waals surface area (Å²) in [5, 5.41) is 15.3. The average Bonchev–Trinajstić information content (AvgIpc) is 2.59. The number of benzene rings is 1. The standard InChI is InChI=1S/C18H20ClN5O2/c1-11(2)7-14(17(25)26-3)22-18-23-15(19)9-16(24-18)21-13-6-4-5-12(8-13)10-20/h4-6,8-9,11,14H,7H2,1-3H3,(H2,21,22,23,24)/t14-/m0/s1. The van der Waals surface area contributed by atoms with Gasteiger partial charge in [-0.1, -0.05) is 31.5 Å². The lowest BCUT2D eigenvalue weighted by Gasteiger charge is -2.18. The van der Waals surface area contributed by atoms with E-state index in [9.17, 15) is 4.79 Å². The minimum atomic E-state index is -0.576. The Bertz CT molecular complexity index is 819. The molecular formula is C18H20ClN5O2. The Kier molecular flexibility index (Phi) is 6.75. The molecule has 2 N–H and O–H groups in total. The van der Waals surface area contributed by atoms with E-state index in [4.69, 9.17) is 21.6 Å². The van der Waals surface area contributed by atoms with Gasteiger partial charge in [-0.15, -0.1) is 0 Å². The first kappa shape index (κ1) is 19.5. The highest BCUT2D eigenvalue weighted by Gasteiger charge is 2.21.